The number of aromatic nitrogens is 4. The van der Waals surface area contributed by atoms with Crippen LogP contribution >= 0.6 is 11.8 Å². The van der Waals surface area contributed by atoms with E-state index in [-0.39, 0.29) is 30.8 Å². The Morgan fingerprint density at radius 1 is 0.312 bits per heavy atom. The lowest BCUT2D eigenvalue weighted by molar-refractivity contribution is -0.929. The summed E-state index contributed by atoms with van der Waals surface area (Å²) in [5.74, 6) is 0.518. The molecule has 3 aromatic heterocycles. The van der Waals surface area contributed by atoms with E-state index in [0.717, 1.165) is 37.9 Å². The molecular formula is C115H177N9O16S4. The molecule has 0 unspecified atom stereocenters. The fourth-order valence-corrected chi connectivity index (χ4v) is 20.5. The summed E-state index contributed by atoms with van der Waals surface area (Å²) >= 11 is 1.39. The minimum atomic E-state index is -4.82. The summed E-state index contributed by atoms with van der Waals surface area (Å²) in [5, 5.41) is 5.92. The van der Waals surface area contributed by atoms with E-state index in [9.17, 15) is 53.3 Å². The first-order valence-electron chi connectivity index (χ1n) is 54.4. The first kappa shape index (κ1) is 125. The molecule has 144 heavy (non-hydrogen) atoms. The van der Waals surface area contributed by atoms with Crippen molar-refractivity contribution in [3.05, 3.63) is 144 Å². The van der Waals surface area contributed by atoms with E-state index >= 15 is 0 Å². The van der Waals surface area contributed by atoms with Gasteiger partial charge in [0.1, 0.15) is 37.0 Å². The van der Waals surface area contributed by atoms with Crippen LogP contribution in [0.1, 0.15) is 325 Å². The second-order valence-corrected chi connectivity index (χ2v) is 44.1. The van der Waals surface area contributed by atoms with E-state index in [1.165, 1.54) is 350 Å². The third kappa shape index (κ3) is 45.1. The molecule has 2 amide bonds. The topological polar surface area (TPSA) is 341 Å². The summed E-state index contributed by atoms with van der Waals surface area (Å²) in [6.45, 7) is 49.0. The Labute approximate surface area is 870 Å². The Kier molecular flexibility index (Phi) is 59.9. The Morgan fingerprint density at radius 3 is 0.812 bits per heavy atom. The third-order valence-electron chi connectivity index (χ3n) is 26.9. The van der Waals surface area contributed by atoms with E-state index in [2.05, 4.69) is 104 Å². The van der Waals surface area contributed by atoms with Crippen molar-refractivity contribution >= 4 is 111 Å². The number of aromatic amines is 2. The smallest absolute Gasteiger partial charge is 0.250 e. The van der Waals surface area contributed by atoms with E-state index in [1.807, 2.05) is 6.07 Å². The first-order chi connectivity index (χ1) is 69.4. The summed E-state index contributed by atoms with van der Waals surface area (Å²) in [6.07, 6.45) is 49.5. The highest BCUT2D eigenvalue weighted by Gasteiger charge is 2.29. The molecule has 0 aliphatic carbocycles. The fraction of sp³-hybridized carbons (Fsp3) is 0.591. The van der Waals surface area contributed by atoms with Crippen molar-refractivity contribution in [2.75, 3.05) is 149 Å². The van der Waals surface area contributed by atoms with Gasteiger partial charge in [0.2, 0.25) is 11.8 Å². The number of rotatable bonds is 69. The van der Waals surface area contributed by atoms with Crippen LogP contribution < -0.4 is 10.6 Å². The zero-order valence-corrected chi connectivity index (χ0v) is 92.9. The number of hydrogen-bond donors (Lipinski definition) is 4. The van der Waals surface area contributed by atoms with Gasteiger partial charge in [0, 0.05) is 75.7 Å². The summed E-state index contributed by atoms with van der Waals surface area (Å²) in [6, 6.07) is 30.3. The van der Waals surface area contributed by atoms with E-state index in [1.54, 1.807) is 73.7 Å². The number of anilines is 1. The number of carbonyl (C=O) groups excluding carboxylic acids is 3. The maximum atomic E-state index is 13.1. The molecule has 4 N–H and O–H groups in total. The zero-order chi connectivity index (χ0) is 105. The highest BCUT2D eigenvalue weighted by molar-refractivity contribution is 8.13. The van der Waals surface area contributed by atoms with E-state index in [0.29, 0.717) is 141 Å². The van der Waals surface area contributed by atoms with E-state index in [4.69, 9.17) is 28.9 Å². The number of nitrogens with one attached hydrogen (secondary N) is 4. The number of hydrogen-bond acceptors (Lipinski definition) is 19. The van der Waals surface area contributed by atoms with Gasteiger partial charge in [-0.1, -0.05) is 259 Å². The molecule has 25 nitrogen and oxygen atoms in total. The maximum Gasteiger partial charge on any atom is 0.250 e. The predicted octanol–water partition coefficient (Wildman–Crippen LogP) is 26.0. The number of unbranched alkanes of at least 4 members (excludes halogenated alkanes) is 19. The van der Waals surface area contributed by atoms with Crippen LogP contribution in [0.15, 0.2) is 136 Å². The lowest BCUT2D eigenvalue weighted by atomic mass is 10.0. The van der Waals surface area contributed by atoms with Crippen molar-refractivity contribution in [3.63, 3.8) is 0 Å². The van der Waals surface area contributed by atoms with Gasteiger partial charge in [-0.2, -0.15) is 0 Å². The maximum absolute atomic E-state index is 13.1. The second kappa shape index (κ2) is 69.2. The molecule has 4 aromatic carbocycles. The number of ether oxygens (including phenoxy) is 4. The number of carbonyl (C=O) groups is 3. The molecule has 5 heterocycles. The number of quaternary nitrogens is 3. The lowest BCUT2D eigenvalue weighted by Gasteiger charge is -2.39. The normalized spacial score (nSPS) is 12.2. The van der Waals surface area contributed by atoms with Gasteiger partial charge in [-0.05, 0) is 209 Å². The third-order valence-corrected chi connectivity index (χ3v) is 30.3. The lowest BCUT2D eigenvalue weighted by Crippen LogP contribution is -2.50. The molecule has 7 aromatic rings. The minimum absolute atomic E-state index is 0.0238. The number of H-pyrrole nitrogens is 2. The summed E-state index contributed by atoms with van der Waals surface area (Å²) in [4.78, 5) is 52.2. The Balaban J connectivity index is 0.000000502. The van der Waals surface area contributed by atoms with Crippen LogP contribution in [0, 0.1) is 0 Å². The van der Waals surface area contributed by atoms with E-state index < -0.39 is 50.9 Å². The molecule has 8 bridgehead atoms. The minimum Gasteiger partial charge on any atom is -0.744 e. The van der Waals surface area contributed by atoms with Crippen LogP contribution in [-0.2, 0) is 63.7 Å². The van der Waals surface area contributed by atoms with Crippen LogP contribution in [0.5, 0.6) is 0 Å². The SMILES string of the molecule is CC(=O)SCCCCCCCCCCC(=O)NCCOCCOCCOCCOCC(=O)Nc1ccc(-c2c3nc(c(-c4ccc(S(=O)(=O)[O-])cc4)c4ccc([nH]4)c(-c4ccc(S(=O)(=O)[O-])cc4)c4nc(c(-c5ccc(S(=O)(=O)[O-])cc5)c5ccc2[nH]5)C=C4)C=C3)cc1.CCCC[N+](CCCC)(CCCC)CCCC.CCCC[N+](CCCC)(CCCC)CCCC.CCCC[N+](CCCC)(CCCC)CCCC. The van der Waals surface area contributed by atoms with Gasteiger partial charge in [0.15, 0.2) is 5.12 Å². The van der Waals surface area contributed by atoms with Crippen LogP contribution in [0.2, 0.25) is 0 Å². The van der Waals surface area contributed by atoms with Crippen molar-refractivity contribution in [1.82, 2.24) is 25.3 Å². The van der Waals surface area contributed by atoms with Crippen LogP contribution in [0.25, 0.3) is 90.9 Å². The fourth-order valence-electron chi connectivity index (χ4n) is 18.5. The Morgan fingerprint density at radius 2 is 0.556 bits per heavy atom. The predicted molar refractivity (Wildman–Crippen MR) is 592 cm³/mol. The Hall–Kier alpha value is -8.11. The number of fused-ring (bicyclic) bond motifs is 8. The van der Waals surface area contributed by atoms with Gasteiger partial charge in [-0.15, -0.1) is 0 Å². The van der Waals surface area contributed by atoms with Crippen LogP contribution in [0.4, 0.5) is 5.69 Å². The van der Waals surface area contributed by atoms with Crippen molar-refractivity contribution in [2.45, 2.75) is 317 Å². The highest BCUT2D eigenvalue weighted by Crippen LogP contribution is 2.40. The van der Waals surface area contributed by atoms with Gasteiger partial charge in [0.25, 0.3) is 0 Å². The first-order valence-corrected chi connectivity index (χ1v) is 59.7. The van der Waals surface area contributed by atoms with Crippen molar-refractivity contribution in [3.8, 4) is 44.5 Å². The molecule has 29 heteroatoms. The van der Waals surface area contributed by atoms with Crippen molar-refractivity contribution < 1.29 is 85.7 Å². The average molecular weight is 2070 g/mol. The van der Waals surface area contributed by atoms with Gasteiger partial charge in [0.05, 0.1) is 162 Å². The summed E-state index contributed by atoms with van der Waals surface area (Å²) in [5.41, 5.74) is 8.24. The number of benzene rings is 4. The molecular weight excluding hydrogens is 1890 g/mol. The van der Waals surface area contributed by atoms with Gasteiger partial charge in [-0.25, -0.2) is 35.2 Å². The Bertz CT molecular complexity index is 5180. The largest absolute Gasteiger partial charge is 0.744 e. The number of amides is 2. The molecule has 0 fully saturated rings. The molecule has 802 valence electrons. The standard InChI is InChI=1S/C67H72N6O16S4.3C16H36N/c1-45(74)90-43-9-7-5-3-2-4-6-8-10-62(75)68-35-36-86-37-38-87-39-40-88-41-42-89-44-63(76)69-50-19-11-46(12-20-50)64-54-27-29-56(70-54)65(47-13-21-51(22-14-47)91(77,78)79)58-31-33-60(72-58)67(49-17-25-53(26-18-49)93(83,84)85)61-34-32-59(73-61)66(57-30-28-55(64)71-57)48-15-23-52(24-16-48)92(80,81)82;3*1-5-9-13-17(14-10-6-2,15-11-7-3)16-12-8-4/h11-34,70,73H,2-10,35-44H2,1H3,(H,68,75)(H,69,76)(H,77,78,79)(H,80,81,82)(H,83,84,85);3*5-16H2,1-4H3/q;3*+1/p-3. The monoisotopic (exact) mass is 2070 g/mol. The molecule has 2 aliphatic heterocycles. The molecule has 0 atom stereocenters. The quantitative estimate of drug-likeness (QED) is 0.0156. The average Bonchev–Trinajstić information content (AvgIpc) is 1.61. The van der Waals surface area contributed by atoms with Gasteiger partial charge >= 0.3 is 0 Å². The van der Waals surface area contributed by atoms with Crippen LogP contribution in [0.3, 0.4) is 0 Å². The molecule has 2 aliphatic rings. The van der Waals surface area contributed by atoms with Gasteiger partial charge < -0.3 is 66.7 Å². The van der Waals surface area contributed by atoms with Gasteiger partial charge in [-0.3, -0.25) is 14.4 Å². The van der Waals surface area contributed by atoms with Crippen molar-refractivity contribution in [1.29, 1.82) is 0 Å². The molecule has 0 saturated carbocycles. The number of thioether (sulfide) groups is 1. The highest BCUT2D eigenvalue weighted by atomic mass is 32.2. The molecule has 9 rings (SSSR count). The summed E-state index contributed by atoms with van der Waals surface area (Å²) < 4.78 is 135. The second-order valence-electron chi connectivity index (χ2n) is 38.7. The zero-order valence-electron chi connectivity index (χ0n) is 89.6. The summed E-state index contributed by atoms with van der Waals surface area (Å²) in [7, 11) is -14.5. The van der Waals surface area contributed by atoms with Crippen LogP contribution in [-0.4, -0.2) is 233 Å². The van der Waals surface area contributed by atoms with Crippen molar-refractivity contribution in [2.24, 2.45) is 0 Å². The molecule has 0 saturated heterocycles. The number of nitrogens with zero attached hydrogens (tertiary/aromatic N) is 5. The molecule has 0 spiro atoms. The molecule has 0 radical (unpaired) electrons.